The Labute approximate surface area is 88.1 Å². The molecular formula is C10H8F5N. The second-order valence-corrected chi connectivity index (χ2v) is 4.09. The van der Waals surface area contributed by atoms with Gasteiger partial charge in [0.05, 0.1) is 5.54 Å². The molecule has 0 aromatic heterocycles. The van der Waals surface area contributed by atoms with Crippen molar-refractivity contribution in [3.05, 3.63) is 35.1 Å². The van der Waals surface area contributed by atoms with Crippen molar-refractivity contribution in [2.24, 2.45) is 5.73 Å². The van der Waals surface area contributed by atoms with E-state index in [4.69, 9.17) is 5.73 Å². The lowest BCUT2D eigenvalue weighted by molar-refractivity contribution is -0.126. The smallest absolute Gasteiger partial charge is 0.252 e. The number of halogens is 5. The molecule has 1 aromatic rings. The maximum Gasteiger partial charge on any atom is 0.252 e. The van der Waals surface area contributed by atoms with Crippen LogP contribution in [0, 0.1) is 17.5 Å². The van der Waals surface area contributed by atoms with Gasteiger partial charge in [0.25, 0.3) is 5.92 Å². The number of rotatable bonds is 1. The molecule has 2 N–H and O–H groups in total. The molecule has 1 nitrogen and oxygen atoms in total. The predicted octanol–water partition coefficient (Wildman–Crippen LogP) is 2.69. The van der Waals surface area contributed by atoms with Crippen LogP contribution in [0.4, 0.5) is 22.0 Å². The number of hydrogen-bond acceptors (Lipinski definition) is 1. The molecule has 0 radical (unpaired) electrons. The van der Waals surface area contributed by atoms with Crippen LogP contribution in [-0.2, 0) is 5.54 Å². The second-order valence-electron chi connectivity index (χ2n) is 4.09. The van der Waals surface area contributed by atoms with Crippen LogP contribution in [0.3, 0.4) is 0 Å². The van der Waals surface area contributed by atoms with Crippen molar-refractivity contribution in [3.63, 3.8) is 0 Å². The summed E-state index contributed by atoms with van der Waals surface area (Å²) in [7, 11) is 0. The van der Waals surface area contributed by atoms with Crippen LogP contribution >= 0.6 is 0 Å². The monoisotopic (exact) mass is 237 g/mol. The number of benzene rings is 1. The fourth-order valence-corrected chi connectivity index (χ4v) is 1.97. The molecule has 0 atom stereocenters. The van der Waals surface area contributed by atoms with Gasteiger partial charge in [0, 0.05) is 18.4 Å². The van der Waals surface area contributed by atoms with E-state index >= 15 is 0 Å². The molecular weight excluding hydrogens is 229 g/mol. The lowest BCUT2D eigenvalue weighted by Crippen LogP contribution is -2.56. The molecule has 1 aliphatic carbocycles. The molecule has 1 fully saturated rings. The molecule has 0 bridgehead atoms. The minimum Gasteiger partial charge on any atom is -0.321 e. The SMILES string of the molecule is NC1(c2ccc(F)c(F)c2F)CC(F)(F)C1. The highest BCUT2D eigenvalue weighted by atomic mass is 19.3. The van der Waals surface area contributed by atoms with Crippen molar-refractivity contribution in [2.45, 2.75) is 24.3 Å². The summed E-state index contributed by atoms with van der Waals surface area (Å²) in [5.74, 6) is -7.50. The molecule has 2 rings (SSSR count). The second kappa shape index (κ2) is 3.16. The highest BCUT2D eigenvalue weighted by molar-refractivity contribution is 5.31. The first-order valence-electron chi connectivity index (χ1n) is 4.56. The van der Waals surface area contributed by atoms with Crippen LogP contribution < -0.4 is 5.73 Å². The fourth-order valence-electron chi connectivity index (χ4n) is 1.97. The van der Waals surface area contributed by atoms with E-state index in [9.17, 15) is 22.0 Å². The Balaban J connectivity index is 2.40. The van der Waals surface area contributed by atoms with Gasteiger partial charge < -0.3 is 5.73 Å². The van der Waals surface area contributed by atoms with Crippen molar-refractivity contribution < 1.29 is 22.0 Å². The standard InChI is InChI=1S/C10H8F5N/c11-6-2-1-5(7(12)8(6)13)9(16)3-10(14,15)4-9/h1-2H,3-4,16H2. The Morgan fingerprint density at radius 3 is 2.06 bits per heavy atom. The van der Waals surface area contributed by atoms with Crippen LogP contribution in [0.25, 0.3) is 0 Å². The van der Waals surface area contributed by atoms with Crippen molar-refractivity contribution in [3.8, 4) is 0 Å². The molecule has 1 aliphatic rings. The zero-order valence-corrected chi connectivity index (χ0v) is 8.04. The van der Waals surface area contributed by atoms with Crippen LogP contribution in [0.1, 0.15) is 18.4 Å². The molecule has 0 saturated heterocycles. The summed E-state index contributed by atoms with van der Waals surface area (Å²) in [5.41, 5.74) is 3.50. The molecule has 6 heteroatoms. The molecule has 0 aliphatic heterocycles. The Morgan fingerprint density at radius 1 is 1.00 bits per heavy atom. The van der Waals surface area contributed by atoms with Gasteiger partial charge in [-0.25, -0.2) is 22.0 Å². The molecule has 0 unspecified atom stereocenters. The Hall–Kier alpha value is -1.17. The van der Waals surface area contributed by atoms with E-state index < -0.39 is 47.3 Å². The van der Waals surface area contributed by atoms with E-state index in [1.165, 1.54) is 0 Å². The predicted molar refractivity (Wildman–Crippen MR) is 46.4 cm³/mol. The van der Waals surface area contributed by atoms with Crippen molar-refractivity contribution in [1.82, 2.24) is 0 Å². The van der Waals surface area contributed by atoms with Crippen molar-refractivity contribution in [1.29, 1.82) is 0 Å². The zero-order valence-electron chi connectivity index (χ0n) is 8.04. The lowest BCUT2D eigenvalue weighted by atomic mass is 9.69. The van der Waals surface area contributed by atoms with E-state index in [1.807, 2.05) is 0 Å². The maximum atomic E-state index is 13.3. The minimum absolute atomic E-state index is 0.405. The van der Waals surface area contributed by atoms with E-state index in [2.05, 4.69) is 0 Å². The fraction of sp³-hybridized carbons (Fsp3) is 0.400. The first kappa shape index (κ1) is 11.3. The van der Waals surface area contributed by atoms with Gasteiger partial charge in [0.1, 0.15) is 0 Å². The molecule has 1 saturated carbocycles. The summed E-state index contributed by atoms with van der Waals surface area (Å²) in [6.45, 7) is 0. The number of hydrogen-bond donors (Lipinski definition) is 1. The van der Waals surface area contributed by atoms with Gasteiger partial charge in [0.15, 0.2) is 17.5 Å². The summed E-state index contributed by atoms with van der Waals surface area (Å²) in [6.07, 6.45) is -1.52. The summed E-state index contributed by atoms with van der Waals surface area (Å²) in [6, 6.07) is 1.59. The third kappa shape index (κ3) is 1.57. The average molecular weight is 237 g/mol. The van der Waals surface area contributed by atoms with Gasteiger partial charge in [-0.05, 0) is 6.07 Å². The van der Waals surface area contributed by atoms with Crippen LogP contribution in [-0.4, -0.2) is 5.92 Å². The number of nitrogens with two attached hydrogens (primary N) is 1. The zero-order chi connectivity index (χ0) is 12.1. The van der Waals surface area contributed by atoms with E-state index in [-0.39, 0.29) is 0 Å². The topological polar surface area (TPSA) is 26.0 Å². The lowest BCUT2D eigenvalue weighted by Gasteiger charge is -2.44. The molecule has 0 amide bonds. The van der Waals surface area contributed by atoms with E-state index in [1.54, 1.807) is 0 Å². The van der Waals surface area contributed by atoms with E-state index in [0.717, 1.165) is 6.07 Å². The highest BCUT2D eigenvalue weighted by Crippen LogP contribution is 2.50. The molecule has 1 aromatic carbocycles. The van der Waals surface area contributed by atoms with Crippen LogP contribution in [0.15, 0.2) is 12.1 Å². The third-order valence-corrected chi connectivity index (χ3v) is 2.72. The first-order chi connectivity index (χ1) is 7.25. The van der Waals surface area contributed by atoms with Gasteiger partial charge in [-0.15, -0.1) is 0 Å². The summed E-state index contributed by atoms with van der Waals surface area (Å²) < 4.78 is 64.1. The van der Waals surface area contributed by atoms with Gasteiger partial charge >= 0.3 is 0 Å². The summed E-state index contributed by atoms with van der Waals surface area (Å²) in [5, 5.41) is 0. The molecule has 16 heavy (non-hydrogen) atoms. The Kier molecular flexibility index (Phi) is 2.24. The van der Waals surface area contributed by atoms with E-state index in [0.29, 0.717) is 6.07 Å². The summed E-state index contributed by atoms with van der Waals surface area (Å²) >= 11 is 0. The Bertz CT molecular complexity index is 435. The van der Waals surface area contributed by atoms with Gasteiger partial charge in [-0.2, -0.15) is 0 Å². The third-order valence-electron chi connectivity index (χ3n) is 2.72. The first-order valence-corrected chi connectivity index (χ1v) is 4.56. The van der Waals surface area contributed by atoms with Crippen molar-refractivity contribution in [2.75, 3.05) is 0 Å². The number of alkyl halides is 2. The molecule has 0 spiro atoms. The average Bonchev–Trinajstić information content (AvgIpc) is 2.10. The largest absolute Gasteiger partial charge is 0.321 e. The van der Waals surface area contributed by atoms with Gasteiger partial charge in [0.2, 0.25) is 0 Å². The normalized spacial score (nSPS) is 21.6. The summed E-state index contributed by atoms with van der Waals surface area (Å²) in [4.78, 5) is 0. The molecule has 88 valence electrons. The van der Waals surface area contributed by atoms with Gasteiger partial charge in [-0.3, -0.25) is 0 Å². The molecule has 0 heterocycles. The quantitative estimate of drug-likeness (QED) is 0.589. The minimum atomic E-state index is -2.97. The van der Waals surface area contributed by atoms with Gasteiger partial charge in [-0.1, -0.05) is 6.07 Å². The maximum absolute atomic E-state index is 13.3. The Morgan fingerprint density at radius 2 is 1.56 bits per heavy atom. The van der Waals surface area contributed by atoms with Crippen LogP contribution in [0.2, 0.25) is 0 Å². The van der Waals surface area contributed by atoms with Crippen molar-refractivity contribution >= 4 is 0 Å². The highest BCUT2D eigenvalue weighted by Gasteiger charge is 2.56. The van der Waals surface area contributed by atoms with Crippen LogP contribution in [0.5, 0.6) is 0 Å².